The molecule has 0 unspecified atom stereocenters. The number of nitrogens with one attached hydrogen (secondary N) is 1. The third kappa shape index (κ3) is 5.04. The average molecular weight is 347 g/mol. The van der Waals surface area contributed by atoms with E-state index in [4.69, 9.17) is 9.47 Å². The fraction of sp³-hybridized carbons (Fsp3) is 0.211. The van der Waals surface area contributed by atoms with Crippen LogP contribution >= 0.6 is 0 Å². The summed E-state index contributed by atoms with van der Waals surface area (Å²) >= 11 is 0. The van der Waals surface area contributed by atoms with E-state index in [0.717, 1.165) is 6.07 Å². The SMILES string of the molecule is COc1cc(OC)cc(C(=O)NC/C(C)=C/c2ccc(F)cc2F)c1. The summed E-state index contributed by atoms with van der Waals surface area (Å²) in [5.74, 6) is -0.587. The van der Waals surface area contributed by atoms with Crippen molar-refractivity contribution in [3.05, 3.63) is 64.7 Å². The largest absolute Gasteiger partial charge is 0.497 e. The second-order valence-corrected chi connectivity index (χ2v) is 5.44. The van der Waals surface area contributed by atoms with Crippen LogP contribution < -0.4 is 14.8 Å². The van der Waals surface area contributed by atoms with E-state index < -0.39 is 11.6 Å². The van der Waals surface area contributed by atoms with Crippen LogP contribution in [0.4, 0.5) is 8.78 Å². The van der Waals surface area contributed by atoms with Crippen LogP contribution in [0.5, 0.6) is 11.5 Å². The highest BCUT2D eigenvalue weighted by Gasteiger charge is 2.10. The van der Waals surface area contributed by atoms with Crippen LogP contribution in [-0.2, 0) is 0 Å². The van der Waals surface area contributed by atoms with Gasteiger partial charge < -0.3 is 14.8 Å². The van der Waals surface area contributed by atoms with Gasteiger partial charge in [0.25, 0.3) is 5.91 Å². The van der Waals surface area contributed by atoms with Crippen molar-refractivity contribution in [2.45, 2.75) is 6.92 Å². The Morgan fingerprint density at radius 1 is 1.08 bits per heavy atom. The van der Waals surface area contributed by atoms with Gasteiger partial charge in [0.1, 0.15) is 23.1 Å². The summed E-state index contributed by atoms with van der Waals surface area (Å²) in [7, 11) is 3.00. The molecule has 2 aromatic rings. The van der Waals surface area contributed by atoms with Gasteiger partial charge in [0.05, 0.1) is 14.2 Å². The van der Waals surface area contributed by atoms with E-state index in [1.165, 1.54) is 26.4 Å². The molecule has 0 atom stereocenters. The van der Waals surface area contributed by atoms with Gasteiger partial charge in [-0.05, 0) is 31.2 Å². The molecule has 6 heteroatoms. The lowest BCUT2D eigenvalue weighted by atomic mass is 10.1. The summed E-state index contributed by atoms with van der Waals surface area (Å²) < 4.78 is 36.8. The van der Waals surface area contributed by atoms with Gasteiger partial charge in [0.15, 0.2) is 0 Å². The minimum atomic E-state index is -0.650. The number of carbonyl (C=O) groups is 1. The van der Waals surface area contributed by atoms with Gasteiger partial charge >= 0.3 is 0 Å². The highest BCUT2D eigenvalue weighted by atomic mass is 19.1. The molecular weight excluding hydrogens is 328 g/mol. The zero-order valence-electron chi connectivity index (χ0n) is 14.2. The van der Waals surface area contributed by atoms with E-state index >= 15 is 0 Å². The number of amides is 1. The molecule has 0 fully saturated rings. The van der Waals surface area contributed by atoms with Gasteiger partial charge in [0, 0.05) is 29.8 Å². The Morgan fingerprint density at radius 3 is 2.28 bits per heavy atom. The molecule has 0 bridgehead atoms. The van der Waals surface area contributed by atoms with Crippen LogP contribution in [-0.4, -0.2) is 26.7 Å². The van der Waals surface area contributed by atoms with Gasteiger partial charge in [-0.3, -0.25) is 4.79 Å². The first-order valence-corrected chi connectivity index (χ1v) is 7.56. The highest BCUT2D eigenvalue weighted by Crippen LogP contribution is 2.22. The maximum atomic E-state index is 13.6. The van der Waals surface area contributed by atoms with Crippen molar-refractivity contribution in [2.75, 3.05) is 20.8 Å². The van der Waals surface area contributed by atoms with Crippen LogP contribution in [0.25, 0.3) is 6.08 Å². The number of carbonyl (C=O) groups excluding carboxylic acids is 1. The van der Waals surface area contributed by atoms with E-state index in [1.807, 2.05) is 0 Å². The zero-order valence-corrected chi connectivity index (χ0v) is 14.2. The molecule has 0 aliphatic heterocycles. The first kappa shape index (κ1) is 18.4. The third-order valence-corrected chi connectivity index (χ3v) is 3.51. The van der Waals surface area contributed by atoms with Crippen LogP contribution in [0, 0.1) is 11.6 Å². The molecule has 2 aromatic carbocycles. The van der Waals surface area contributed by atoms with Crippen molar-refractivity contribution < 1.29 is 23.0 Å². The highest BCUT2D eigenvalue weighted by molar-refractivity contribution is 5.95. The quantitative estimate of drug-likeness (QED) is 0.864. The summed E-state index contributed by atoms with van der Waals surface area (Å²) in [5, 5.41) is 2.74. The minimum Gasteiger partial charge on any atom is -0.497 e. The lowest BCUT2D eigenvalue weighted by Gasteiger charge is -2.09. The molecule has 0 aliphatic carbocycles. The van der Waals surface area contributed by atoms with E-state index in [2.05, 4.69) is 5.32 Å². The first-order valence-electron chi connectivity index (χ1n) is 7.56. The van der Waals surface area contributed by atoms with Crippen molar-refractivity contribution in [1.82, 2.24) is 5.32 Å². The van der Waals surface area contributed by atoms with Crippen molar-refractivity contribution in [3.8, 4) is 11.5 Å². The van der Waals surface area contributed by atoms with Crippen molar-refractivity contribution >= 4 is 12.0 Å². The van der Waals surface area contributed by atoms with Crippen molar-refractivity contribution in [2.24, 2.45) is 0 Å². The van der Waals surface area contributed by atoms with E-state index in [1.54, 1.807) is 31.2 Å². The molecule has 0 aliphatic rings. The molecule has 0 spiro atoms. The number of rotatable bonds is 6. The first-order chi connectivity index (χ1) is 11.9. The van der Waals surface area contributed by atoms with Gasteiger partial charge in [-0.2, -0.15) is 0 Å². The Kier molecular flexibility index (Phi) is 6.11. The van der Waals surface area contributed by atoms with Crippen LogP contribution in [0.15, 0.2) is 42.0 Å². The van der Waals surface area contributed by atoms with Crippen molar-refractivity contribution in [1.29, 1.82) is 0 Å². The second kappa shape index (κ2) is 8.28. The molecule has 0 saturated carbocycles. The van der Waals surface area contributed by atoms with Gasteiger partial charge in [-0.15, -0.1) is 0 Å². The topological polar surface area (TPSA) is 47.6 Å². The maximum absolute atomic E-state index is 13.6. The molecule has 25 heavy (non-hydrogen) atoms. The van der Waals surface area contributed by atoms with Gasteiger partial charge in [0.2, 0.25) is 0 Å². The summed E-state index contributed by atoms with van der Waals surface area (Å²) in [5.41, 5.74) is 1.36. The number of methoxy groups -OCH3 is 2. The molecular formula is C19H19F2NO3. The molecule has 0 radical (unpaired) electrons. The number of hydrogen-bond acceptors (Lipinski definition) is 3. The molecule has 0 saturated heterocycles. The number of halogens is 2. The van der Waals surface area contributed by atoms with E-state index in [-0.39, 0.29) is 18.0 Å². The molecule has 0 aromatic heterocycles. The summed E-state index contributed by atoms with van der Waals surface area (Å²) in [6.07, 6.45) is 1.56. The standard InChI is InChI=1S/C19H19F2NO3/c1-12(6-13-4-5-15(20)9-18(13)21)11-22-19(23)14-7-16(24-2)10-17(8-14)25-3/h4-10H,11H2,1-3H3,(H,22,23)/b12-6+. The van der Waals surface area contributed by atoms with Crippen LogP contribution in [0.1, 0.15) is 22.8 Å². The number of ether oxygens (including phenoxy) is 2. The molecule has 1 N–H and O–H groups in total. The Morgan fingerprint density at radius 2 is 1.72 bits per heavy atom. The monoisotopic (exact) mass is 347 g/mol. The molecule has 2 rings (SSSR count). The Balaban J connectivity index is 2.07. The second-order valence-electron chi connectivity index (χ2n) is 5.44. The maximum Gasteiger partial charge on any atom is 0.251 e. The molecule has 132 valence electrons. The van der Waals surface area contributed by atoms with Gasteiger partial charge in [-0.25, -0.2) is 8.78 Å². The summed E-state index contributed by atoms with van der Waals surface area (Å²) in [6.45, 7) is 1.96. The summed E-state index contributed by atoms with van der Waals surface area (Å²) in [6, 6.07) is 8.21. The third-order valence-electron chi connectivity index (χ3n) is 3.51. The van der Waals surface area contributed by atoms with Crippen LogP contribution in [0.3, 0.4) is 0 Å². The average Bonchev–Trinajstić information content (AvgIpc) is 2.61. The Hall–Kier alpha value is -2.89. The fourth-order valence-electron chi connectivity index (χ4n) is 2.20. The Bertz CT molecular complexity index is 781. The van der Waals surface area contributed by atoms with Crippen molar-refractivity contribution in [3.63, 3.8) is 0 Å². The van der Waals surface area contributed by atoms with Crippen LogP contribution in [0.2, 0.25) is 0 Å². The molecule has 0 heterocycles. The number of hydrogen-bond donors (Lipinski definition) is 1. The van der Waals surface area contributed by atoms with E-state index in [0.29, 0.717) is 22.6 Å². The predicted octanol–water partition coefficient (Wildman–Crippen LogP) is 3.82. The normalized spacial score (nSPS) is 11.2. The van der Waals surface area contributed by atoms with E-state index in [9.17, 15) is 13.6 Å². The smallest absolute Gasteiger partial charge is 0.251 e. The fourth-order valence-corrected chi connectivity index (χ4v) is 2.20. The lowest BCUT2D eigenvalue weighted by Crippen LogP contribution is -2.25. The minimum absolute atomic E-state index is 0.217. The zero-order chi connectivity index (χ0) is 18.4. The van der Waals surface area contributed by atoms with Gasteiger partial charge in [-0.1, -0.05) is 11.6 Å². The molecule has 1 amide bonds. The number of benzene rings is 2. The predicted molar refractivity (Wildman–Crippen MR) is 91.9 cm³/mol. The lowest BCUT2D eigenvalue weighted by molar-refractivity contribution is 0.0956. The molecule has 4 nitrogen and oxygen atoms in total. The Labute approximate surface area is 145 Å². The summed E-state index contributed by atoms with van der Waals surface area (Å²) in [4.78, 5) is 12.3.